The van der Waals surface area contributed by atoms with E-state index in [4.69, 9.17) is 24.8 Å². The van der Waals surface area contributed by atoms with E-state index < -0.39 is 45.1 Å². The molecule has 0 aromatic heterocycles. The molecule has 0 rings (SSSR count). The highest BCUT2D eigenvalue weighted by atomic mass is 31.2. The van der Waals surface area contributed by atoms with Crippen LogP contribution in [0.5, 0.6) is 0 Å². The van der Waals surface area contributed by atoms with E-state index in [1.807, 2.05) is 0 Å². The molecule has 0 aromatic rings. The van der Waals surface area contributed by atoms with Crippen molar-refractivity contribution < 1.29 is 42.7 Å². The number of esters is 1. The summed E-state index contributed by atoms with van der Waals surface area (Å²) in [5, 5.41) is 8.85. The summed E-state index contributed by atoms with van der Waals surface area (Å²) >= 11 is 0. The number of carboxylic acid groups (broad SMARTS) is 1. The van der Waals surface area contributed by atoms with E-state index in [9.17, 15) is 19.0 Å². The zero-order valence-electron chi connectivity index (χ0n) is 30.1. The molecule has 10 nitrogen and oxygen atoms in total. The molecule has 280 valence electrons. The number of phosphoric acid groups is 1. The Morgan fingerprint density at radius 2 is 1.21 bits per heavy atom. The second-order valence-corrected chi connectivity index (χ2v) is 13.8. The summed E-state index contributed by atoms with van der Waals surface area (Å²) in [5.41, 5.74) is 5.33. The van der Waals surface area contributed by atoms with Gasteiger partial charge in [0.2, 0.25) is 0 Å². The van der Waals surface area contributed by atoms with Crippen molar-refractivity contribution in [1.82, 2.24) is 0 Å². The Hall–Kier alpha value is -1.81. The van der Waals surface area contributed by atoms with Crippen LogP contribution in [0.15, 0.2) is 36.5 Å². The van der Waals surface area contributed by atoms with Crippen molar-refractivity contribution >= 4 is 19.8 Å². The topological polar surface area (TPSA) is 155 Å². The van der Waals surface area contributed by atoms with E-state index in [0.717, 1.165) is 57.8 Å². The molecule has 0 radical (unpaired) electrons. The van der Waals surface area contributed by atoms with E-state index in [1.54, 1.807) is 0 Å². The molecule has 3 atom stereocenters. The molecule has 0 spiro atoms. The Morgan fingerprint density at radius 1 is 0.688 bits per heavy atom. The summed E-state index contributed by atoms with van der Waals surface area (Å²) in [6.45, 7) is 3.71. The van der Waals surface area contributed by atoms with Gasteiger partial charge in [0, 0.05) is 13.0 Å². The summed E-state index contributed by atoms with van der Waals surface area (Å²) in [4.78, 5) is 33.3. The van der Waals surface area contributed by atoms with E-state index in [2.05, 4.69) is 54.8 Å². The van der Waals surface area contributed by atoms with Crippen LogP contribution in [0.3, 0.4) is 0 Å². The third kappa shape index (κ3) is 32.7. The Kier molecular flexibility index (Phi) is 32.4. The Bertz CT molecular complexity index is 909. The molecule has 0 heterocycles. The van der Waals surface area contributed by atoms with Crippen molar-refractivity contribution in [2.45, 2.75) is 161 Å². The number of hydrogen-bond donors (Lipinski definition) is 3. The number of carbonyl (C=O) groups excluding carboxylic acids is 1. The Balaban J connectivity index is 4.37. The minimum Gasteiger partial charge on any atom is -0.480 e. The molecule has 0 aromatic carbocycles. The number of unbranched alkanes of at least 4 members (excludes halogenated alkanes) is 15. The molecule has 3 unspecified atom stereocenters. The Morgan fingerprint density at radius 3 is 1.79 bits per heavy atom. The predicted molar refractivity (Wildman–Crippen MR) is 194 cm³/mol. The van der Waals surface area contributed by atoms with Gasteiger partial charge < -0.3 is 25.2 Å². The predicted octanol–water partition coefficient (Wildman–Crippen LogP) is 9.36. The number of rotatable bonds is 35. The molecule has 0 aliphatic heterocycles. The van der Waals surface area contributed by atoms with Gasteiger partial charge in [0.25, 0.3) is 0 Å². The van der Waals surface area contributed by atoms with Gasteiger partial charge in [0.05, 0.1) is 19.8 Å². The van der Waals surface area contributed by atoms with Gasteiger partial charge in [0.15, 0.2) is 0 Å². The number of hydrogen-bond acceptors (Lipinski definition) is 8. The largest absolute Gasteiger partial charge is 0.480 e. The summed E-state index contributed by atoms with van der Waals surface area (Å²) in [6.07, 6.45) is 34.9. The average Bonchev–Trinajstić information content (AvgIpc) is 3.06. The van der Waals surface area contributed by atoms with Crippen LogP contribution >= 0.6 is 7.82 Å². The van der Waals surface area contributed by atoms with Gasteiger partial charge in [-0.3, -0.25) is 18.6 Å². The fourth-order valence-corrected chi connectivity index (χ4v) is 5.57. The van der Waals surface area contributed by atoms with Crippen molar-refractivity contribution in [2.75, 3.05) is 26.4 Å². The fraction of sp³-hybridized carbons (Fsp3) is 0.784. The van der Waals surface area contributed by atoms with Crippen LogP contribution in [0, 0.1) is 0 Å². The fourth-order valence-electron chi connectivity index (χ4n) is 4.79. The van der Waals surface area contributed by atoms with Crippen LogP contribution in [0.25, 0.3) is 0 Å². The number of nitrogens with two attached hydrogens (primary N) is 1. The summed E-state index contributed by atoms with van der Waals surface area (Å²) in [5.74, 6) is -1.81. The number of phosphoric ester groups is 1. The monoisotopic (exact) mass is 701 g/mol. The number of carbonyl (C=O) groups is 2. The van der Waals surface area contributed by atoms with Gasteiger partial charge in [-0.05, 0) is 44.9 Å². The lowest BCUT2D eigenvalue weighted by Gasteiger charge is -2.20. The van der Waals surface area contributed by atoms with Gasteiger partial charge in [-0.25, -0.2) is 4.57 Å². The minimum absolute atomic E-state index is 0.00671. The minimum atomic E-state index is -4.61. The second kappa shape index (κ2) is 33.7. The maximum Gasteiger partial charge on any atom is 0.472 e. The van der Waals surface area contributed by atoms with E-state index in [0.29, 0.717) is 13.0 Å². The molecular weight excluding hydrogens is 633 g/mol. The van der Waals surface area contributed by atoms with Gasteiger partial charge in [0.1, 0.15) is 12.1 Å². The molecular formula is C37H68NO9P. The number of ether oxygens (including phenoxy) is 2. The maximum absolute atomic E-state index is 12.5. The number of aliphatic carboxylic acids is 1. The van der Waals surface area contributed by atoms with Crippen LogP contribution in [-0.2, 0) is 32.7 Å². The van der Waals surface area contributed by atoms with E-state index in [1.165, 1.54) is 64.2 Å². The summed E-state index contributed by atoms with van der Waals surface area (Å²) < 4.78 is 33.1. The van der Waals surface area contributed by atoms with Gasteiger partial charge in [-0.1, -0.05) is 134 Å². The molecule has 0 aliphatic rings. The molecule has 11 heteroatoms. The molecule has 0 saturated carbocycles. The molecule has 0 aliphatic carbocycles. The van der Waals surface area contributed by atoms with E-state index in [-0.39, 0.29) is 13.0 Å². The highest BCUT2D eigenvalue weighted by Crippen LogP contribution is 2.43. The molecule has 48 heavy (non-hydrogen) atoms. The van der Waals surface area contributed by atoms with Gasteiger partial charge in [-0.15, -0.1) is 0 Å². The normalized spacial score (nSPS) is 14.6. The van der Waals surface area contributed by atoms with Gasteiger partial charge in [-0.2, -0.15) is 0 Å². The zero-order chi connectivity index (χ0) is 35.6. The van der Waals surface area contributed by atoms with Crippen molar-refractivity contribution in [2.24, 2.45) is 5.73 Å². The second-order valence-electron chi connectivity index (χ2n) is 12.3. The first kappa shape index (κ1) is 46.2. The highest BCUT2D eigenvalue weighted by molar-refractivity contribution is 7.47. The van der Waals surface area contributed by atoms with Gasteiger partial charge >= 0.3 is 19.8 Å². The molecule has 0 saturated heterocycles. The zero-order valence-corrected chi connectivity index (χ0v) is 31.0. The smallest absolute Gasteiger partial charge is 0.472 e. The SMILES string of the molecule is CC/C=C\C/C=C\C/C=C\CCCCCC(=O)OC(COCCCCCCCCCCCCCCC)COP(=O)(O)OCC(N)C(=O)O. The number of allylic oxidation sites excluding steroid dienone is 6. The lowest BCUT2D eigenvalue weighted by Crippen LogP contribution is -2.34. The van der Waals surface area contributed by atoms with Crippen LogP contribution in [0.2, 0.25) is 0 Å². The summed E-state index contributed by atoms with van der Waals surface area (Å²) in [6, 6.07) is -1.48. The van der Waals surface area contributed by atoms with E-state index >= 15 is 0 Å². The lowest BCUT2D eigenvalue weighted by atomic mass is 10.0. The lowest BCUT2D eigenvalue weighted by molar-refractivity contribution is -0.154. The van der Waals surface area contributed by atoms with Crippen molar-refractivity contribution in [1.29, 1.82) is 0 Å². The molecule has 4 N–H and O–H groups in total. The average molecular weight is 702 g/mol. The third-order valence-electron chi connectivity index (χ3n) is 7.68. The van der Waals surface area contributed by atoms with Crippen LogP contribution < -0.4 is 5.73 Å². The summed E-state index contributed by atoms with van der Waals surface area (Å²) in [7, 11) is -4.61. The Labute approximate surface area is 291 Å². The highest BCUT2D eigenvalue weighted by Gasteiger charge is 2.27. The van der Waals surface area contributed by atoms with Crippen molar-refractivity contribution in [3.8, 4) is 0 Å². The standard InChI is InChI=1S/C37H68NO9P/c1-3-5-7-9-11-13-15-17-19-21-23-25-27-29-36(39)47-34(32-45-48(42,43)46-33-35(38)37(40)41)31-44-30-28-26-24-22-20-18-16-14-12-10-8-6-4-2/h5,7,11,13,17,19,34-35H,3-4,6,8-10,12,14-16,18,20-33,38H2,1-2H3,(H,40,41)(H,42,43)/b7-5-,13-11-,19-17-. The first-order valence-corrected chi connectivity index (χ1v) is 20.0. The van der Waals surface area contributed by atoms with Crippen LogP contribution in [0.4, 0.5) is 0 Å². The molecule has 0 fully saturated rings. The molecule has 0 bridgehead atoms. The molecule has 0 amide bonds. The van der Waals surface area contributed by atoms with Crippen LogP contribution in [-0.4, -0.2) is 60.5 Å². The quantitative estimate of drug-likeness (QED) is 0.0252. The number of carboxylic acids is 1. The third-order valence-corrected chi connectivity index (χ3v) is 8.63. The first-order valence-electron chi connectivity index (χ1n) is 18.5. The van der Waals surface area contributed by atoms with Crippen molar-refractivity contribution in [3.63, 3.8) is 0 Å². The van der Waals surface area contributed by atoms with Crippen LogP contribution in [0.1, 0.15) is 149 Å². The van der Waals surface area contributed by atoms with Crippen molar-refractivity contribution in [3.05, 3.63) is 36.5 Å². The maximum atomic E-state index is 12.5. The first-order chi connectivity index (χ1) is 23.2.